The van der Waals surface area contributed by atoms with Gasteiger partial charge < -0.3 is 0 Å². The maximum atomic E-state index is 4.09. The minimum absolute atomic E-state index is 0.766. The van der Waals surface area contributed by atoms with Crippen LogP contribution in [0.3, 0.4) is 0 Å². The number of rotatable bonds is 4. The fraction of sp³-hybridized carbons (Fsp3) is 0.467. The monoisotopic (exact) mass is 202 g/mol. The van der Waals surface area contributed by atoms with Crippen molar-refractivity contribution >= 4 is 0 Å². The van der Waals surface area contributed by atoms with E-state index in [-0.39, 0.29) is 0 Å². The van der Waals surface area contributed by atoms with Gasteiger partial charge in [0.05, 0.1) is 0 Å². The van der Waals surface area contributed by atoms with Gasteiger partial charge in [-0.1, -0.05) is 50.3 Å². The van der Waals surface area contributed by atoms with Crippen molar-refractivity contribution in [2.75, 3.05) is 0 Å². The van der Waals surface area contributed by atoms with E-state index in [1.165, 1.54) is 36.8 Å². The summed E-state index contributed by atoms with van der Waals surface area (Å²) in [7, 11) is 0. The van der Waals surface area contributed by atoms with Gasteiger partial charge in [0, 0.05) is 0 Å². The van der Waals surface area contributed by atoms with Crippen LogP contribution in [0.25, 0.3) is 0 Å². The lowest BCUT2D eigenvalue weighted by molar-refractivity contribution is 0.540. The second kappa shape index (κ2) is 6.44. The van der Waals surface area contributed by atoms with Gasteiger partial charge in [0.25, 0.3) is 0 Å². The van der Waals surface area contributed by atoms with Crippen LogP contribution in [-0.2, 0) is 0 Å². The molecule has 0 bridgehead atoms. The van der Waals surface area contributed by atoms with Crippen LogP contribution in [0.2, 0.25) is 0 Å². The summed E-state index contributed by atoms with van der Waals surface area (Å²) >= 11 is 0. The highest BCUT2D eigenvalue weighted by Crippen LogP contribution is 2.25. The molecule has 1 rings (SSSR count). The van der Waals surface area contributed by atoms with E-state index < -0.39 is 0 Å². The standard InChI is InChI=1S/C15H22/c1-4-7-13(3)15-10-6-9-14(8-5-2)11-12-15/h4,6-7,9-10,14H,3,5,8,11-12H2,1-2H3. The third-order valence-corrected chi connectivity index (χ3v) is 2.90. The predicted octanol–water partition coefficient (Wildman–Crippen LogP) is 4.81. The van der Waals surface area contributed by atoms with Crippen LogP contribution >= 0.6 is 0 Å². The quantitative estimate of drug-likeness (QED) is 0.574. The van der Waals surface area contributed by atoms with Crippen LogP contribution in [0, 0.1) is 5.92 Å². The summed E-state index contributed by atoms with van der Waals surface area (Å²) in [6.45, 7) is 8.39. The van der Waals surface area contributed by atoms with Crippen LogP contribution in [0.15, 0.2) is 48.1 Å². The van der Waals surface area contributed by atoms with E-state index in [0.717, 1.165) is 5.92 Å². The first-order chi connectivity index (χ1) is 7.27. The van der Waals surface area contributed by atoms with Gasteiger partial charge in [0.15, 0.2) is 0 Å². The molecule has 0 spiro atoms. The van der Waals surface area contributed by atoms with Crippen molar-refractivity contribution in [1.82, 2.24) is 0 Å². The van der Waals surface area contributed by atoms with E-state index in [9.17, 15) is 0 Å². The molecule has 0 saturated carbocycles. The summed E-state index contributed by atoms with van der Waals surface area (Å²) < 4.78 is 0. The third kappa shape index (κ3) is 3.91. The molecule has 0 aromatic rings. The van der Waals surface area contributed by atoms with Crippen molar-refractivity contribution in [3.63, 3.8) is 0 Å². The molecule has 1 unspecified atom stereocenters. The summed E-state index contributed by atoms with van der Waals surface area (Å²) in [6, 6.07) is 0. The molecule has 0 radical (unpaired) electrons. The van der Waals surface area contributed by atoms with E-state index in [2.05, 4.69) is 43.9 Å². The second-order valence-electron chi connectivity index (χ2n) is 4.19. The van der Waals surface area contributed by atoms with E-state index in [1.807, 2.05) is 6.92 Å². The zero-order valence-corrected chi connectivity index (χ0v) is 10.00. The normalized spacial score (nSPS) is 21.5. The SMILES string of the molecule is C=C(C=CC)C1=CC=CC(CCC)CC1. The molecular weight excluding hydrogens is 180 g/mol. The zero-order valence-electron chi connectivity index (χ0n) is 10.00. The molecule has 0 aromatic heterocycles. The lowest BCUT2D eigenvalue weighted by atomic mass is 9.95. The molecule has 1 aliphatic carbocycles. The van der Waals surface area contributed by atoms with Gasteiger partial charge in [-0.25, -0.2) is 0 Å². The van der Waals surface area contributed by atoms with Gasteiger partial charge in [-0.3, -0.25) is 0 Å². The van der Waals surface area contributed by atoms with Crippen molar-refractivity contribution in [2.45, 2.75) is 39.5 Å². The Morgan fingerprint density at radius 2 is 2.40 bits per heavy atom. The Hall–Kier alpha value is -1.04. The molecule has 0 fully saturated rings. The average molecular weight is 202 g/mol. The largest absolute Gasteiger partial charge is 0.0915 e. The highest BCUT2D eigenvalue weighted by Gasteiger charge is 2.09. The van der Waals surface area contributed by atoms with E-state index in [0.29, 0.717) is 0 Å². The molecule has 82 valence electrons. The maximum Gasteiger partial charge on any atom is -0.0227 e. The number of hydrogen-bond donors (Lipinski definition) is 0. The number of hydrogen-bond acceptors (Lipinski definition) is 0. The molecular formula is C15H22. The van der Waals surface area contributed by atoms with Crippen LogP contribution < -0.4 is 0 Å². The first kappa shape index (κ1) is 12.0. The van der Waals surface area contributed by atoms with Gasteiger partial charge in [-0.15, -0.1) is 0 Å². The van der Waals surface area contributed by atoms with Crippen molar-refractivity contribution in [1.29, 1.82) is 0 Å². The van der Waals surface area contributed by atoms with Crippen LogP contribution in [0.4, 0.5) is 0 Å². The lowest BCUT2D eigenvalue weighted by Crippen LogP contribution is -1.95. The van der Waals surface area contributed by atoms with Gasteiger partial charge >= 0.3 is 0 Å². The van der Waals surface area contributed by atoms with Gasteiger partial charge in [0.1, 0.15) is 0 Å². The van der Waals surface area contributed by atoms with Crippen molar-refractivity contribution in [3.05, 3.63) is 48.1 Å². The predicted molar refractivity (Wildman–Crippen MR) is 68.8 cm³/mol. The Morgan fingerprint density at radius 3 is 3.07 bits per heavy atom. The first-order valence-electron chi connectivity index (χ1n) is 5.97. The Balaban J connectivity index is 2.57. The summed E-state index contributed by atoms with van der Waals surface area (Å²) in [5.41, 5.74) is 2.56. The Kier molecular flexibility index (Phi) is 5.17. The molecule has 1 aliphatic rings. The van der Waals surface area contributed by atoms with Crippen molar-refractivity contribution < 1.29 is 0 Å². The van der Waals surface area contributed by atoms with Gasteiger partial charge in [0.2, 0.25) is 0 Å². The highest BCUT2D eigenvalue weighted by molar-refractivity contribution is 5.40. The first-order valence-corrected chi connectivity index (χ1v) is 5.97. The minimum atomic E-state index is 0.766. The summed E-state index contributed by atoms with van der Waals surface area (Å²) in [4.78, 5) is 0. The fourth-order valence-corrected chi connectivity index (χ4v) is 2.04. The molecule has 0 aliphatic heterocycles. The third-order valence-electron chi connectivity index (χ3n) is 2.90. The Labute approximate surface area is 94.1 Å². The summed E-state index contributed by atoms with van der Waals surface area (Å²) in [6.07, 6.45) is 16.0. The van der Waals surface area contributed by atoms with Gasteiger partial charge in [-0.05, 0) is 43.3 Å². The topological polar surface area (TPSA) is 0 Å². The maximum absolute atomic E-state index is 4.09. The number of allylic oxidation sites excluding steroid dienone is 7. The molecule has 0 heterocycles. The Bertz CT molecular complexity index is 289. The smallest absolute Gasteiger partial charge is 0.0227 e. The van der Waals surface area contributed by atoms with Crippen LogP contribution in [0.1, 0.15) is 39.5 Å². The lowest BCUT2D eigenvalue weighted by Gasteiger charge is -2.10. The molecule has 15 heavy (non-hydrogen) atoms. The molecule has 1 atom stereocenters. The molecule has 0 nitrogen and oxygen atoms in total. The van der Waals surface area contributed by atoms with Crippen LogP contribution in [0.5, 0.6) is 0 Å². The van der Waals surface area contributed by atoms with E-state index in [4.69, 9.17) is 0 Å². The van der Waals surface area contributed by atoms with Crippen molar-refractivity contribution in [2.24, 2.45) is 5.92 Å². The summed E-state index contributed by atoms with van der Waals surface area (Å²) in [5, 5.41) is 0. The van der Waals surface area contributed by atoms with Gasteiger partial charge in [-0.2, -0.15) is 0 Å². The fourth-order valence-electron chi connectivity index (χ4n) is 2.04. The minimum Gasteiger partial charge on any atom is -0.0915 e. The van der Waals surface area contributed by atoms with Crippen LogP contribution in [-0.4, -0.2) is 0 Å². The molecule has 0 amide bonds. The molecule has 0 saturated heterocycles. The zero-order chi connectivity index (χ0) is 11.1. The van der Waals surface area contributed by atoms with Crippen molar-refractivity contribution in [3.8, 4) is 0 Å². The Morgan fingerprint density at radius 1 is 1.60 bits per heavy atom. The van der Waals surface area contributed by atoms with E-state index >= 15 is 0 Å². The molecule has 0 aromatic carbocycles. The summed E-state index contributed by atoms with van der Waals surface area (Å²) in [5.74, 6) is 0.766. The highest BCUT2D eigenvalue weighted by atomic mass is 14.1. The molecule has 0 heteroatoms. The molecule has 0 N–H and O–H groups in total. The van der Waals surface area contributed by atoms with E-state index in [1.54, 1.807) is 0 Å². The average Bonchev–Trinajstić information content (AvgIpc) is 2.44. The second-order valence-corrected chi connectivity index (χ2v) is 4.19.